The molecule has 1 aliphatic carbocycles. The summed E-state index contributed by atoms with van der Waals surface area (Å²) >= 11 is 0. The maximum atomic E-state index is 4.30. The van der Waals surface area contributed by atoms with Gasteiger partial charge in [-0.1, -0.05) is 31.2 Å². The Morgan fingerprint density at radius 2 is 1.95 bits per heavy atom. The minimum atomic E-state index is 0. The van der Waals surface area contributed by atoms with Gasteiger partial charge in [-0.2, -0.15) is 0 Å². The summed E-state index contributed by atoms with van der Waals surface area (Å²) in [4.78, 5) is 4.30. The Balaban J connectivity index is 0.00000200. The van der Waals surface area contributed by atoms with Crippen LogP contribution in [0.2, 0.25) is 0 Å². The van der Waals surface area contributed by atoms with Crippen LogP contribution in [-0.2, 0) is 6.42 Å². The highest BCUT2D eigenvalue weighted by molar-refractivity contribution is 14.0. The van der Waals surface area contributed by atoms with Gasteiger partial charge >= 0.3 is 0 Å². The minimum absolute atomic E-state index is 0. The number of aryl methyl sites for hydroxylation is 1. The first-order chi connectivity index (χ1) is 9.22. The quantitative estimate of drug-likeness (QED) is 0.470. The zero-order valence-corrected chi connectivity index (χ0v) is 15.0. The molecule has 0 radical (unpaired) electrons. The van der Waals surface area contributed by atoms with Crippen LogP contribution in [-0.4, -0.2) is 19.0 Å². The van der Waals surface area contributed by atoms with Crippen molar-refractivity contribution in [2.24, 2.45) is 4.99 Å². The number of guanidine groups is 1. The number of aliphatic imine (C=N–C) groups is 1. The van der Waals surface area contributed by atoms with Gasteiger partial charge < -0.3 is 10.6 Å². The Morgan fingerprint density at radius 1 is 1.30 bits per heavy atom. The number of hydrogen-bond donors (Lipinski definition) is 2. The first kappa shape index (κ1) is 17.3. The van der Waals surface area contributed by atoms with Crippen molar-refractivity contribution in [1.29, 1.82) is 0 Å². The normalized spacial score (nSPS) is 16.9. The monoisotopic (exact) mass is 387 g/mol. The molecule has 2 N–H and O–H groups in total. The highest BCUT2D eigenvalue weighted by atomic mass is 127. The summed E-state index contributed by atoms with van der Waals surface area (Å²) in [7, 11) is 1.83. The van der Waals surface area contributed by atoms with Gasteiger partial charge in [0.25, 0.3) is 0 Å². The molecule has 3 nitrogen and oxygen atoms in total. The van der Waals surface area contributed by atoms with E-state index in [2.05, 4.69) is 53.7 Å². The van der Waals surface area contributed by atoms with E-state index < -0.39 is 0 Å². The van der Waals surface area contributed by atoms with Gasteiger partial charge in [0.1, 0.15) is 0 Å². The molecule has 1 aliphatic rings. The summed E-state index contributed by atoms with van der Waals surface area (Å²) in [5, 5.41) is 6.92. The van der Waals surface area contributed by atoms with E-state index in [0.29, 0.717) is 6.04 Å². The van der Waals surface area contributed by atoms with Gasteiger partial charge in [-0.15, -0.1) is 24.0 Å². The molecular formula is C16H26IN3. The summed E-state index contributed by atoms with van der Waals surface area (Å²) in [6, 6.07) is 9.70. The number of halogens is 1. The van der Waals surface area contributed by atoms with Crippen molar-refractivity contribution in [2.45, 2.75) is 51.6 Å². The molecule has 0 heterocycles. The van der Waals surface area contributed by atoms with Gasteiger partial charge in [-0.25, -0.2) is 0 Å². The van der Waals surface area contributed by atoms with E-state index in [4.69, 9.17) is 0 Å². The lowest BCUT2D eigenvalue weighted by Crippen LogP contribution is -2.46. The molecule has 0 spiro atoms. The summed E-state index contributed by atoms with van der Waals surface area (Å²) in [5.41, 5.74) is 2.68. The van der Waals surface area contributed by atoms with Crippen molar-refractivity contribution in [3.63, 3.8) is 0 Å². The standard InChI is InChI=1S/C16H25N3.HI/c1-4-13-8-10-14(11-9-13)12(2)18-16(17-3)19-15-6-5-7-15;/h8-12,15H,4-7H2,1-3H3,(H2,17,18,19);1H. The van der Waals surface area contributed by atoms with Gasteiger partial charge in [0.15, 0.2) is 5.96 Å². The molecule has 0 aliphatic heterocycles. The molecule has 20 heavy (non-hydrogen) atoms. The zero-order chi connectivity index (χ0) is 13.7. The third-order valence-electron chi connectivity index (χ3n) is 3.91. The number of rotatable bonds is 4. The van der Waals surface area contributed by atoms with Crippen LogP contribution in [0.3, 0.4) is 0 Å². The van der Waals surface area contributed by atoms with Gasteiger partial charge in [0, 0.05) is 13.1 Å². The maximum Gasteiger partial charge on any atom is 0.191 e. The summed E-state index contributed by atoms with van der Waals surface area (Å²) in [6.45, 7) is 4.36. The summed E-state index contributed by atoms with van der Waals surface area (Å²) in [6.07, 6.45) is 4.95. The van der Waals surface area contributed by atoms with Crippen molar-refractivity contribution >= 4 is 29.9 Å². The van der Waals surface area contributed by atoms with Crippen molar-refractivity contribution < 1.29 is 0 Å². The SMILES string of the molecule is CCc1ccc(C(C)NC(=NC)NC2CCC2)cc1.I. The van der Waals surface area contributed by atoms with Crippen LogP contribution < -0.4 is 10.6 Å². The molecule has 0 bridgehead atoms. The van der Waals surface area contributed by atoms with Crippen LogP contribution in [0.15, 0.2) is 29.3 Å². The molecule has 1 saturated carbocycles. The molecule has 2 rings (SSSR count). The molecule has 1 aromatic rings. The fourth-order valence-corrected chi connectivity index (χ4v) is 2.25. The molecule has 1 unspecified atom stereocenters. The lowest BCUT2D eigenvalue weighted by Gasteiger charge is -2.29. The van der Waals surface area contributed by atoms with Crippen molar-refractivity contribution in [2.75, 3.05) is 7.05 Å². The van der Waals surface area contributed by atoms with E-state index >= 15 is 0 Å². The predicted octanol–water partition coefficient (Wildman–Crippen LogP) is 3.65. The Morgan fingerprint density at radius 3 is 2.40 bits per heavy atom. The summed E-state index contributed by atoms with van der Waals surface area (Å²) < 4.78 is 0. The first-order valence-corrected chi connectivity index (χ1v) is 7.31. The highest BCUT2D eigenvalue weighted by Crippen LogP contribution is 2.18. The molecule has 0 aromatic heterocycles. The summed E-state index contributed by atoms with van der Waals surface area (Å²) in [5.74, 6) is 0.914. The van der Waals surface area contributed by atoms with Crippen molar-refractivity contribution in [1.82, 2.24) is 10.6 Å². The average Bonchev–Trinajstić information content (AvgIpc) is 2.41. The lowest BCUT2D eigenvalue weighted by atomic mass is 9.93. The van der Waals surface area contributed by atoms with Gasteiger partial charge in [0.2, 0.25) is 0 Å². The van der Waals surface area contributed by atoms with Gasteiger partial charge in [-0.05, 0) is 43.7 Å². The largest absolute Gasteiger partial charge is 0.354 e. The zero-order valence-electron chi connectivity index (χ0n) is 12.6. The fourth-order valence-electron chi connectivity index (χ4n) is 2.25. The predicted molar refractivity (Wildman–Crippen MR) is 96.9 cm³/mol. The topological polar surface area (TPSA) is 36.4 Å². The Bertz CT molecular complexity index is 424. The average molecular weight is 387 g/mol. The van der Waals surface area contributed by atoms with Crippen molar-refractivity contribution in [3.05, 3.63) is 35.4 Å². The number of benzene rings is 1. The second-order valence-corrected chi connectivity index (χ2v) is 5.31. The molecule has 1 atom stereocenters. The third kappa shape index (κ3) is 4.65. The van der Waals surface area contributed by atoms with Crippen LogP contribution in [0.1, 0.15) is 50.3 Å². The molecule has 112 valence electrons. The Labute approximate surface area is 139 Å². The van der Waals surface area contributed by atoms with Crippen LogP contribution in [0, 0.1) is 0 Å². The van der Waals surface area contributed by atoms with Gasteiger partial charge in [-0.3, -0.25) is 4.99 Å². The Hall–Kier alpha value is -0.780. The van der Waals surface area contributed by atoms with E-state index in [9.17, 15) is 0 Å². The maximum absolute atomic E-state index is 4.30. The molecule has 0 amide bonds. The van der Waals surface area contributed by atoms with Crippen LogP contribution >= 0.6 is 24.0 Å². The number of hydrogen-bond acceptors (Lipinski definition) is 1. The lowest BCUT2D eigenvalue weighted by molar-refractivity contribution is 0.378. The molecule has 1 fully saturated rings. The molecule has 1 aromatic carbocycles. The Kier molecular flexibility index (Phi) is 7.34. The van der Waals surface area contributed by atoms with E-state index in [1.54, 1.807) is 0 Å². The second kappa shape index (κ2) is 8.49. The highest BCUT2D eigenvalue weighted by Gasteiger charge is 2.19. The van der Waals surface area contributed by atoms with Crippen molar-refractivity contribution in [3.8, 4) is 0 Å². The fraction of sp³-hybridized carbons (Fsp3) is 0.562. The third-order valence-corrected chi connectivity index (χ3v) is 3.91. The first-order valence-electron chi connectivity index (χ1n) is 7.31. The van der Waals surface area contributed by atoms with E-state index in [-0.39, 0.29) is 30.0 Å². The smallest absolute Gasteiger partial charge is 0.191 e. The van der Waals surface area contributed by atoms with Crippen LogP contribution in [0.5, 0.6) is 0 Å². The van der Waals surface area contributed by atoms with Gasteiger partial charge in [0.05, 0.1) is 6.04 Å². The minimum Gasteiger partial charge on any atom is -0.354 e. The van der Waals surface area contributed by atoms with Crippen LogP contribution in [0.25, 0.3) is 0 Å². The number of nitrogens with zero attached hydrogens (tertiary/aromatic N) is 1. The van der Waals surface area contributed by atoms with Crippen LogP contribution in [0.4, 0.5) is 0 Å². The van der Waals surface area contributed by atoms with E-state index in [0.717, 1.165) is 12.4 Å². The molecule has 4 heteroatoms. The second-order valence-electron chi connectivity index (χ2n) is 5.31. The van der Waals surface area contributed by atoms with E-state index in [1.165, 1.54) is 30.4 Å². The number of nitrogens with one attached hydrogen (secondary N) is 2. The molecular weight excluding hydrogens is 361 g/mol. The van der Waals surface area contributed by atoms with E-state index in [1.807, 2.05) is 7.05 Å². The molecule has 0 saturated heterocycles.